The molecule has 18 heavy (non-hydrogen) atoms. The number of hydrogen-bond donors (Lipinski definition) is 1. The van der Waals surface area contributed by atoms with Crippen LogP contribution in [0.2, 0.25) is 0 Å². The highest BCUT2D eigenvalue weighted by Gasteiger charge is 2.10. The summed E-state index contributed by atoms with van der Waals surface area (Å²) in [4.78, 5) is 26.3. The summed E-state index contributed by atoms with van der Waals surface area (Å²) in [7, 11) is 0. The van der Waals surface area contributed by atoms with Gasteiger partial charge in [0, 0.05) is 25.4 Å². The normalized spacial score (nSPS) is 10.1. The summed E-state index contributed by atoms with van der Waals surface area (Å²) in [5.41, 5.74) is 1.18. The Balaban J connectivity index is 2.58. The molecule has 2 rings (SSSR count). The van der Waals surface area contributed by atoms with E-state index >= 15 is 0 Å². The molecule has 0 atom stereocenters. The molecule has 1 aromatic carbocycles. The lowest BCUT2D eigenvalue weighted by Gasteiger charge is -2.09. The molecular formula is C13H12N2O3. The van der Waals surface area contributed by atoms with Crippen LogP contribution in [0.3, 0.4) is 0 Å². The van der Waals surface area contributed by atoms with Gasteiger partial charge in [0.05, 0.1) is 11.2 Å². The van der Waals surface area contributed by atoms with E-state index in [1.807, 2.05) is 0 Å². The van der Waals surface area contributed by atoms with Crippen molar-refractivity contribution in [2.45, 2.75) is 13.8 Å². The van der Waals surface area contributed by atoms with Crippen molar-refractivity contribution in [3.8, 4) is 5.75 Å². The first-order chi connectivity index (χ1) is 8.58. The van der Waals surface area contributed by atoms with Gasteiger partial charge in [-0.1, -0.05) is 0 Å². The molecule has 1 aromatic heterocycles. The van der Waals surface area contributed by atoms with Gasteiger partial charge in [-0.3, -0.25) is 14.6 Å². The van der Waals surface area contributed by atoms with E-state index in [0.29, 0.717) is 22.3 Å². The molecule has 1 amide bonds. The maximum absolute atomic E-state index is 11.1. The lowest BCUT2D eigenvalue weighted by Crippen LogP contribution is -2.07. The summed E-state index contributed by atoms with van der Waals surface area (Å²) in [5.74, 6) is -0.144. The number of carbonyl (C=O) groups excluding carboxylic acids is 2. The Hall–Kier alpha value is -2.43. The van der Waals surface area contributed by atoms with Gasteiger partial charge in [-0.05, 0) is 24.3 Å². The molecule has 0 saturated carbocycles. The fraction of sp³-hybridized carbons (Fsp3) is 0.154. The number of aromatic nitrogens is 1. The molecule has 0 aliphatic rings. The fourth-order valence-electron chi connectivity index (χ4n) is 1.68. The van der Waals surface area contributed by atoms with E-state index in [1.54, 1.807) is 30.5 Å². The average molecular weight is 244 g/mol. The van der Waals surface area contributed by atoms with Crippen LogP contribution in [0, 0.1) is 0 Å². The van der Waals surface area contributed by atoms with Gasteiger partial charge in [-0.25, -0.2) is 0 Å². The number of benzene rings is 1. The molecule has 5 nitrogen and oxygen atoms in total. The molecule has 92 valence electrons. The first-order valence-electron chi connectivity index (χ1n) is 5.41. The largest absolute Gasteiger partial charge is 0.426 e. The Morgan fingerprint density at radius 1 is 1.22 bits per heavy atom. The molecule has 0 spiro atoms. The number of hydrogen-bond acceptors (Lipinski definition) is 4. The van der Waals surface area contributed by atoms with E-state index in [1.165, 1.54) is 13.8 Å². The molecule has 1 heterocycles. The standard InChI is InChI=1S/C13H12N2O3/c1-8(16)15-11-5-6-12(18-9(2)17)10-4-3-7-14-13(10)11/h3-7H,1-2H3,(H,15,16). The molecule has 0 radical (unpaired) electrons. The van der Waals surface area contributed by atoms with Gasteiger partial charge in [0.2, 0.25) is 5.91 Å². The van der Waals surface area contributed by atoms with Crippen molar-refractivity contribution < 1.29 is 14.3 Å². The molecule has 0 unspecified atom stereocenters. The maximum Gasteiger partial charge on any atom is 0.308 e. The van der Waals surface area contributed by atoms with Crippen LogP contribution < -0.4 is 10.1 Å². The zero-order valence-electron chi connectivity index (χ0n) is 10.1. The monoisotopic (exact) mass is 244 g/mol. The van der Waals surface area contributed by atoms with Gasteiger partial charge in [0.1, 0.15) is 5.75 Å². The number of anilines is 1. The first-order valence-corrected chi connectivity index (χ1v) is 5.41. The molecule has 5 heteroatoms. The third-order valence-electron chi connectivity index (χ3n) is 2.29. The lowest BCUT2D eigenvalue weighted by atomic mass is 10.1. The Kier molecular flexibility index (Phi) is 3.23. The van der Waals surface area contributed by atoms with Gasteiger partial charge >= 0.3 is 5.97 Å². The predicted octanol–water partition coefficient (Wildman–Crippen LogP) is 2.12. The summed E-state index contributed by atoms with van der Waals surface area (Å²) in [6.45, 7) is 2.76. The van der Waals surface area contributed by atoms with E-state index in [9.17, 15) is 9.59 Å². The molecule has 0 fully saturated rings. The number of esters is 1. The van der Waals surface area contributed by atoms with E-state index in [-0.39, 0.29) is 5.91 Å². The number of nitrogens with zero attached hydrogens (tertiary/aromatic N) is 1. The van der Waals surface area contributed by atoms with Crippen molar-refractivity contribution in [3.63, 3.8) is 0 Å². The third kappa shape index (κ3) is 2.45. The number of amides is 1. The van der Waals surface area contributed by atoms with Crippen molar-refractivity contribution in [2.24, 2.45) is 0 Å². The van der Waals surface area contributed by atoms with Crippen molar-refractivity contribution in [3.05, 3.63) is 30.5 Å². The zero-order chi connectivity index (χ0) is 13.1. The van der Waals surface area contributed by atoms with Gasteiger partial charge in [-0.15, -0.1) is 0 Å². The van der Waals surface area contributed by atoms with Crippen molar-refractivity contribution in [1.82, 2.24) is 4.98 Å². The van der Waals surface area contributed by atoms with Crippen LogP contribution in [-0.4, -0.2) is 16.9 Å². The van der Waals surface area contributed by atoms with Crippen LogP contribution in [0.1, 0.15) is 13.8 Å². The van der Waals surface area contributed by atoms with E-state index in [2.05, 4.69) is 10.3 Å². The smallest absolute Gasteiger partial charge is 0.308 e. The number of carbonyl (C=O) groups is 2. The van der Waals surface area contributed by atoms with Gasteiger partial charge in [-0.2, -0.15) is 0 Å². The quantitative estimate of drug-likeness (QED) is 0.649. The van der Waals surface area contributed by atoms with Crippen LogP contribution >= 0.6 is 0 Å². The summed E-state index contributed by atoms with van der Waals surface area (Å²) in [6, 6.07) is 6.82. The minimum atomic E-state index is -0.396. The van der Waals surface area contributed by atoms with E-state index < -0.39 is 5.97 Å². The van der Waals surface area contributed by atoms with Crippen molar-refractivity contribution in [1.29, 1.82) is 0 Å². The highest BCUT2D eigenvalue weighted by molar-refractivity contribution is 6.02. The van der Waals surface area contributed by atoms with Gasteiger partial charge in [0.15, 0.2) is 0 Å². The second-order valence-electron chi connectivity index (χ2n) is 3.79. The number of pyridine rings is 1. The highest BCUT2D eigenvalue weighted by Crippen LogP contribution is 2.30. The molecule has 0 saturated heterocycles. The second kappa shape index (κ2) is 4.83. The number of fused-ring (bicyclic) bond motifs is 1. The number of nitrogens with one attached hydrogen (secondary N) is 1. The minimum Gasteiger partial charge on any atom is -0.426 e. The van der Waals surface area contributed by atoms with E-state index in [4.69, 9.17) is 4.74 Å². The SMILES string of the molecule is CC(=O)Nc1ccc(OC(C)=O)c2cccnc12. The van der Waals surface area contributed by atoms with Crippen LogP contribution in [0.4, 0.5) is 5.69 Å². The number of rotatable bonds is 2. The summed E-state index contributed by atoms with van der Waals surface area (Å²) in [6.07, 6.45) is 1.62. The summed E-state index contributed by atoms with van der Waals surface area (Å²) < 4.78 is 5.10. The molecule has 1 N–H and O–H groups in total. The molecule has 0 aliphatic heterocycles. The molecule has 0 aliphatic carbocycles. The summed E-state index contributed by atoms with van der Waals surface area (Å²) in [5, 5.41) is 3.37. The molecular weight excluding hydrogens is 232 g/mol. The zero-order valence-corrected chi connectivity index (χ0v) is 10.1. The fourth-order valence-corrected chi connectivity index (χ4v) is 1.68. The van der Waals surface area contributed by atoms with Gasteiger partial charge < -0.3 is 10.1 Å². The lowest BCUT2D eigenvalue weighted by molar-refractivity contribution is -0.131. The predicted molar refractivity (Wildman–Crippen MR) is 67.4 cm³/mol. The minimum absolute atomic E-state index is 0.179. The molecule has 0 bridgehead atoms. The highest BCUT2D eigenvalue weighted by atomic mass is 16.5. The summed E-state index contributed by atoms with van der Waals surface area (Å²) >= 11 is 0. The van der Waals surface area contributed by atoms with Crippen LogP contribution in [0.15, 0.2) is 30.5 Å². The van der Waals surface area contributed by atoms with Gasteiger partial charge in [0.25, 0.3) is 0 Å². The first kappa shape index (κ1) is 12.0. The van der Waals surface area contributed by atoms with Crippen LogP contribution in [0.25, 0.3) is 10.9 Å². The van der Waals surface area contributed by atoms with Crippen molar-refractivity contribution >= 4 is 28.5 Å². The van der Waals surface area contributed by atoms with E-state index in [0.717, 1.165) is 0 Å². The molecule has 2 aromatic rings. The number of ether oxygens (including phenoxy) is 1. The van der Waals surface area contributed by atoms with Crippen molar-refractivity contribution in [2.75, 3.05) is 5.32 Å². The van der Waals surface area contributed by atoms with Crippen LogP contribution in [-0.2, 0) is 9.59 Å². The third-order valence-corrected chi connectivity index (χ3v) is 2.29. The Bertz CT molecular complexity index is 568. The second-order valence-corrected chi connectivity index (χ2v) is 3.79. The topological polar surface area (TPSA) is 68.3 Å². The Morgan fingerprint density at radius 2 is 2.00 bits per heavy atom. The maximum atomic E-state index is 11.1. The Labute approximate surface area is 104 Å². The van der Waals surface area contributed by atoms with Crippen LogP contribution in [0.5, 0.6) is 5.75 Å². The average Bonchev–Trinajstić information content (AvgIpc) is 2.31. The Morgan fingerprint density at radius 3 is 2.67 bits per heavy atom.